The molecule has 126 valence electrons. The molecule has 1 aromatic carbocycles. The number of halogens is 2. The number of fused-ring (bicyclic) bond motifs is 1. The number of hydrogen-bond donors (Lipinski definition) is 1. The first kappa shape index (κ1) is 16.3. The molecule has 1 aromatic rings. The van der Waals surface area contributed by atoms with E-state index in [0.717, 1.165) is 19.0 Å². The summed E-state index contributed by atoms with van der Waals surface area (Å²) < 4.78 is 26.9. The number of piperidine rings is 1. The molecule has 0 radical (unpaired) electrons. The lowest BCUT2D eigenvalue weighted by Gasteiger charge is -2.42. The number of aliphatic hydroxyl groups is 1. The van der Waals surface area contributed by atoms with Gasteiger partial charge in [0, 0.05) is 56.7 Å². The van der Waals surface area contributed by atoms with E-state index in [4.69, 9.17) is 0 Å². The molecule has 2 aliphatic rings. The van der Waals surface area contributed by atoms with E-state index < -0.39 is 11.6 Å². The van der Waals surface area contributed by atoms with Crippen LogP contribution in [0.4, 0.5) is 8.78 Å². The largest absolute Gasteiger partial charge is 0.396 e. The molecule has 23 heavy (non-hydrogen) atoms. The van der Waals surface area contributed by atoms with Crippen LogP contribution < -0.4 is 0 Å². The maximum absolute atomic E-state index is 13.9. The summed E-state index contributed by atoms with van der Waals surface area (Å²) in [7, 11) is 0. The molecule has 2 saturated heterocycles. The van der Waals surface area contributed by atoms with Crippen LogP contribution in [0.25, 0.3) is 0 Å². The Morgan fingerprint density at radius 2 is 2.17 bits per heavy atom. The molecule has 0 aliphatic carbocycles. The van der Waals surface area contributed by atoms with Crippen molar-refractivity contribution in [2.24, 2.45) is 11.3 Å². The number of rotatable bonds is 3. The summed E-state index contributed by atoms with van der Waals surface area (Å²) in [6.07, 6.45) is 0.850. The number of benzene rings is 1. The molecular weight excluding hydrogens is 302 g/mol. The van der Waals surface area contributed by atoms with Gasteiger partial charge in [-0.3, -0.25) is 9.69 Å². The van der Waals surface area contributed by atoms with Crippen molar-refractivity contribution in [3.63, 3.8) is 0 Å². The number of amides is 1. The van der Waals surface area contributed by atoms with Gasteiger partial charge in [0.25, 0.3) is 0 Å². The summed E-state index contributed by atoms with van der Waals surface area (Å²) in [4.78, 5) is 15.5. The predicted octanol–water partition coefficient (Wildman–Crippen LogP) is 1.63. The van der Waals surface area contributed by atoms with Crippen LogP contribution in [0.5, 0.6) is 0 Å². The number of hydrogen-bond acceptors (Lipinski definition) is 3. The maximum Gasteiger partial charge on any atom is 0.219 e. The van der Waals surface area contributed by atoms with E-state index >= 15 is 0 Å². The highest BCUT2D eigenvalue weighted by molar-refractivity contribution is 5.73. The molecule has 0 saturated carbocycles. The van der Waals surface area contributed by atoms with Crippen LogP contribution >= 0.6 is 0 Å². The molecule has 0 spiro atoms. The Balaban J connectivity index is 1.74. The van der Waals surface area contributed by atoms with Gasteiger partial charge in [-0.05, 0) is 18.4 Å². The molecule has 1 N–H and O–H groups in total. The van der Waals surface area contributed by atoms with Crippen LogP contribution in [0.3, 0.4) is 0 Å². The van der Waals surface area contributed by atoms with Crippen molar-refractivity contribution < 1.29 is 18.7 Å². The Morgan fingerprint density at radius 1 is 1.39 bits per heavy atom. The minimum atomic E-state index is -0.578. The SMILES string of the molecule is CC(=O)N1CC[C@H]2CN(Cc3ccc(F)cc3F)C[C@@]2(CO)C1. The number of carbonyl (C=O) groups excluding carboxylic acids is 1. The number of likely N-dealkylation sites (tertiary alicyclic amines) is 2. The fraction of sp³-hybridized carbons (Fsp3) is 0.588. The van der Waals surface area contributed by atoms with E-state index in [2.05, 4.69) is 4.90 Å². The second-order valence-corrected chi connectivity index (χ2v) is 6.85. The molecule has 6 heteroatoms. The third-order valence-electron chi connectivity index (χ3n) is 5.31. The van der Waals surface area contributed by atoms with Crippen LogP contribution in [0.1, 0.15) is 18.9 Å². The zero-order chi connectivity index (χ0) is 16.6. The zero-order valence-corrected chi connectivity index (χ0v) is 13.3. The first-order chi connectivity index (χ1) is 10.9. The second-order valence-electron chi connectivity index (χ2n) is 6.85. The summed E-state index contributed by atoms with van der Waals surface area (Å²) in [6.45, 7) is 4.60. The van der Waals surface area contributed by atoms with Gasteiger partial charge < -0.3 is 10.0 Å². The van der Waals surface area contributed by atoms with Crippen molar-refractivity contribution in [3.05, 3.63) is 35.4 Å². The van der Waals surface area contributed by atoms with Gasteiger partial charge in [0.15, 0.2) is 0 Å². The molecule has 3 rings (SSSR count). The first-order valence-corrected chi connectivity index (χ1v) is 7.96. The number of aliphatic hydroxyl groups excluding tert-OH is 1. The van der Waals surface area contributed by atoms with Gasteiger partial charge in [-0.1, -0.05) is 6.07 Å². The molecule has 2 atom stereocenters. The van der Waals surface area contributed by atoms with Gasteiger partial charge in [0.1, 0.15) is 11.6 Å². The lowest BCUT2D eigenvalue weighted by molar-refractivity contribution is -0.134. The Bertz CT molecular complexity index is 610. The molecule has 2 heterocycles. The molecule has 0 bridgehead atoms. The molecule has 1 amide bonds. The monoisotopic (exact) mass is 324 g/mol. The van der Waals surface area contributed by atoms with Gasteiger partial charge in [0.05, 0.1) is 6.61 Å². The molecule has 2 fully saturated rings. The van der Waals surface area contributed by atoms with Crippen molar-refractivity contribution in [1.82, 2.24) is 9.80 Å². The van der Waals surface area contributed by atoms with E-state index in [-0.39, 0.29) is 17.9 Å². The topological polar surface area (TPSA) is 43.8 Å². The first-order valence-electron chi connectivity index (χ1n) is 7.96. The van der Waals surface area contributed by atoms with Crippen molar-refractivity contribution in [2.45, 2.75) is 19.9 Å². The van der Waals surface area contributed by atoms with Gasteiger partial charge in [-0.2, -0.15) is 0 Å². The molecule has 0 aromatic heterocycles. The fourth-order valence-electron chi connectivity index (χ4n) is 4.00. The van der Waals surface area contributed by atoms with Crippen molar-refractivity contribution in [2.75, 3.05) is 32.8 Å². The third kappa shape index (κ3) is 3.10. The highest BCUT2D eigenvalue weighted by Crippen LogP contribution is 2.42. The summed E-state index contributed by atoms with van der Waals surface area (Å²) in [6, 6.07) is 3.64. The average molecular weight is 324 g/mol. The average Bonchev–Trinajstić information content (AvgIpc) is 2.87. The van der Waals surface area contributed by atoms with Crippen LogP contribution in [0.15, 0.2) is 18.2 Å². The van der Waals surface area contributed by atoms with Crippen LogP contribution in [-0.2, 0) is 11.3 Å². The lowest BCUT2D eigenvalue weighted by atomic mass is 9.74. The van der Waals surface area contributed by atoms with Crippen molar-refractivity contribution >= 4 is 5.91 Å². The maximum atomic E-state index is 13.9. The quantitative estimate of drug-likeness (QED) is 0.919. The Kier molecular flexibility index (Phi) is 4.38. The summed E-state index contributed by atoms with van der Waals surface area (Å²) in [5.74, 6) is -0.792. The summed E-state index contributed by atoms with van der Waals surface area (Å²) >= 11 is 0. The van der Waals surface area contributed by atoms with Gasteiger partial charge in [0.2, 0.25) is 5.91 Å². The highest BCUT2D eigenvalue weighted by Gasteiger charge is 2.49. The Morgan fingerprint density at radius 3 is 2.83 bits per heavy atom. The standard InChI is InChI=1S/C17H22F2N2O2/c1-12(23)21-5-4-14-8-20(9-17(14,10-21)11-22)7-13-2-3-15(18)6-16(13)19/h2-3,6,14,22H,4-5,7-11H2,1H3/t14-,17-/m0/s1. The Hall–Kier alpha value is -1.53. The number of carbonyl (C=O) groups is 1. The van der Waals surface area contributed by atoms with Gasteiger partial charge in [-0.25, -0.2) is 8.78 Å². The Labute approximate surface area is 134 Å². The van der Waals surface area contributed by atoms with Gasteiger partial charge in [-0.15, -0.1) is 0 Å². The minimum absolute atomic E-state index is 0.0177. The van der Waals surface area contributed by atoms with E-state index in [9.17, 15) is 18.7 Å². The molecule has 4 nitrogen and oxygen atoms in total. The molecular formula is C17H22F2N2O2. The summed E-state index contributed by atoms with van der Waals surface area (Å²) in [5, 5.41) is 9.94. The molecule has 0 unspecified atom stereocenters. The fourth-order valence-corrected chi connectivity index (χ4v) is 4.00. The number of nitrogens with zero attached hydrogens (tertiary/aromatic N) is 2. The van der Waals surface area contributed by atoms with Crippen LogP contribution in [-0.4, -0.2) is 53.6 Å². The highest BCUT2D eigenvalue weighted by atomic mass is 19.1. The van der Waals surface area contributed by atoms with Gasteiger partial charge >= 0.3 is 0 Å². The normalized spacial score (nSPS) is 28.0. The third-order valence-corrected chi connectivity index (χ3v) is 5.31. The van der Waals surface area contributed by atoms with Crippen LogP contribution in [0, 0.1) is 23.0 Å². The van der Waals surface area contributed by atoms with E-state index in [1.54, 1.807) is 11.8 Å². The van der Waals surface area contributed by atoms with Crippen molar-refractivity contribution in [1.29, 1.82) is 0 Å². The predicted molar refractivity (Wildman–Crippen MR) is 81.5 cm³/mol. The van der Waals surface area contributed by atoms with E-state index in [1.807, 2.05) is 0 Å². The van der Waals surface area contributed by atoms with E-state index in [1.165, 1.54) is 12.1 Å². The second kappa shape index (κ2) is 6.17. The molecule has 2 aliphatic heterocycles. The summed E-state index contributed by atoms with van der Waals surface area (Å²) in [5.41, 5.74) is 0.127. The van der Waals surface area contributed by atoms with E-state index in [0.29, 0.717) is 37.7 Å². The van der Waals surface area contributed by atoms with Crippen molar-refractivity contribution in [3.8, 4) is 0 Å². The smallest absolute Gasteiger partial charge is 0.219 e. The van der Waals surface area contributed by atoms with Crippen LogP contribution in [0.2, 0.25) is 0 Å². The zero-order valence-electron chi connectivity index (χ0n) is 13.3. The minimum Gasteiger partial charge on any atom is -0.396 e. The lowest BCUT2D eigenvalue weighted by Crippen LogP contribution is -2.52.